The summed E-state index contributed by atoms with van der Waals surface area (Å²) in [5.41, 5.74) is 5.79. The molecule has 0 N–H and O–H groups in total. The number of halogens is 3. The molecule has 49 heavy (non-hydrogen) atoms. The van der Waals surface area contributed by atoms with Crippen LogP contribution in [0.25, 0.3) is 32.2 Å². The molecule has 0 aliphatic heterocycles. The maximum atomic E-state index is 12.8. The van der Waals surface area contributed by atoms with Crippen molar-refractivity contribution in [2.75, 3.05) is 20.3 Å². The fraction of sp³-hybridized carbons (Fsp3) is 0.270. The molecule has 0 radical (unpaired) electrons. The van der Waals surface area contributed by atoms with Gasteiger partial charge in [0.2, 0.25) is 5.88 Å². The van der Waals surface area contributed by atoms with Crippen molar-refractivity contribution in [3.63, 3.8) is 0 Å². The van der Waals surface area contributed by atoms with Crippen LogP contribution < -0.4 is 9.47 Å². The minimum atomic E-state index is -1.72. The van der Waals surface area contributed by atoms with E-state index >= 15 is 0 Å². The largest absolute Gasteiger partial charge is 0.643 e. The van der Waals surface area contributed by atoms with Crippen molar-refractivity contribution >= 4 is 80.0 Å². The summed E-state index contributed by atoms with van der Waals surface area (Å²) in [6.45, 7) is 7.30. The number of nitrogens with zero attached hydrogens (tertiary/aromatic N) is 3. The van der Waals surface area contributed by atoms with Gasteiger partial charge in [0.15, 0.2) is 0 Å². The molecule has 3 heterocycles. The Hall–Kier alpha value is -3.29. The highest BCUT2D eigenvalue weighted by Crippen LogP contribution is 2.32. The predicted molar refractivity (Wildman–Crippen MR) is 204 cm³/mol. The first-order chi connectivity index (χ1) is 23.6. The van der Waals surface area contributed by atoms with Crippen LogP contribution >= 0.6 is 41.5 Å². The maximum Gasteiger partial charge on any atom is 0.643 e. The first-order valence-corrected chi connectivity index (χ1v) is 21.9. The fourth-order valence-electron chi connectivity index (χ4n) is 5.52. The normalized spacial score (nSPS) is 11.2. The molecule has 0 saturated heterocycles. The van der Waals surface area contributed by atoms with E-state index in [1.165, 1.54) is 4.70 Å². The molecule has 0 amide bonds. The van der Waals surface area contributed by atoms with Crippen LogP contribution in [0, 0.1) is 5.41 Å². The smallest absolute Gasteiger partial charge is 0.493 e. The lowest BCUT2D eigenvalue weighted by molar-refractivity contribution is -0.153. The van der Waals surface area contributed by atoms with E-state index < -0.39 is 16.8 Å². The molecule has 3 aromatic carbocycles. The van der Waals surface area contributed by atoms with E-state index in [0.29, 0.717) is 32.1 Å². The molecule has 7 nitrogen and oxygen atoms in total. The van der Waals surface area contributed by atoms with Gasteiger partial charge in [0.05, 0.1) is 41.0 Å². The molecule has 3 aromatic heterocycles. The van der Waals surface area contributed by atoms with E-state index in [1.54, 1.807) is 18.4 Å². The molecule has 0 bridgehead atoms. The van der Waals surface area contributed by atoms with Gasteiger partial charge in [-0.05, 0) is 74.4 Å². The molecule has 254 valence electrons. The first kappa shape index (κ1) is 37.0. The van der Waals surface area contributed by atoms with E-state index in [0.717, 1.165) is 56.0 Å². The highest BCUT2D eigenvalue weighted by molar-refractivity contribution is 7.54. The molecular weight excluding hydrogens is 716 g/mol. The molecule has 0 atom stereocenters. The quantitative estimate of drug-likeness (QED) is 0.0916. The lowest BCUT2D eigenvalue weighted by Crippen LogP contribution is -2.30. The average Bonchev–Trinajstić information content (AvgIpc) is 3.65. The second-order valence-electron chi connectivity index (χ2n) is 11.9. The highest BCUT2D eigenvalue weighted by Gasteiger charge is 2.31. The fourth-order valence-corrected chi connectivity index (χ4v) is 6.47. The van der Waals surface area contributed by atoms with Gasteiger partial charge in [-0.3, -0.25) is 4.79 Å². The third-order valence-corrected chi connectivity index (χ3v) is 9.00. The second-order valence-corrected chi connectivity index (χ2v) is 19.5. The molecule has 12 heteroatoms. The summed E-state index contributed by atoms with van der Waals surface area (Å²) in [4.78, 5) is 21.9. The van der Waals surface area contributed by atoms with Gasteiger partial charge >= 0.3 is 17.4 Å². The zero-order valence-corrected chi connectivity index (χ0v) is 32.0. The number of methoxy groups -OCH3 is 1. The van der Waals surface area contributed by atoms with Crippen molar-refractivity contribution in [2.24, 2.45) is 5.41 Å². The molecule has 6 rings (SSSR count). The Balaban J connectivity index is 0.00000111. The maximum absolute atomic E-state index is 12.8. The SMILES string of the molecule is CCOC(=O)C(C)(C)Cc1cc2cc(OCCc3nc4ccccc4s3)ccc2n1Cc1ccc(-c2ccc(OC)nc2)cc1.[Cl][Al]([Cl])[Cl]. The standard InChI is InChI=1S/C37H37N3O4S.Al.3ClH/c1-5-43-36(41)37(2,3)22-29-20-28-21-30(44-19-18-35-39-31-8-6-7-9-33(31)45-35)15-16-32(28)40(29)24-25-10-12-26(13-11-25)27-14-17-34(42-4)38-23-27;;;;/h6-17,20-21,23H,5,18-19,22,24H2,1-4H3;;3*1H/q;+3;;;/p-3. The zero-order chi connectivity index (χ0) is 35.0. The topological polar surface area (TPSA) is 75.5 Å². The lowest BCUT2D eigenvalue weighted by atomic mass is 9.88. The molecular formula is C37H37AlCl3N3O4S. The molecule has 0 aliphatic carbocycles. The van der Waals surface area contributed by atoms with Crippen molar-refractivity contribution in [3.8, 4) is 22.8 Å². The van der Waals surface area contributed by atoms with Crippen LogP contribution in [0.3, 0.4) is 0 Å². The minimum absolute atomic E-state index is 0.196. The third-order valence-electron chi connectivity index (χ3n) is 7.91. The number of hydrogen-bond acceptors (Lipinski definition) is 7. The Morgan fingerprint density at radius 1 is 0.959 bits per heavy atom. The van der Waals surface area contributed by atoms with E-state index in [4.69, 9.17) is 49.3 Å². The molecule has 0 fully saturated rings. The number of carbonyl (C=O) groups excluding carboxylic acids is 1. The Morgan fingerprint density at radius 2 is 1.69 bits per heavy atom. The van der Waals surface area contributed by atoms with Crippen LogP contribution in [0.1, 0.15) is 37.0 Å². The van der Waals surface area contributed by atoms with Gasteiger partial charge in [0.1, 0.15) is 5.75 Å². The van der Waals surface area contributed by atoms with Crippen molar-refractivity contribution in [3.05, 3.63) is 107 Å². The lowest BCUT2D eigenvalue weighted by Gasteiger charge is -2.23. The number of thiazole rings is 1. The molecule has 0 aliphatic rings. The Bertz CT molecular complexity index is 1960. The monoisotopic (exact) mass is 751 g/mol. The number of pyridine rings is 1. The number of aromatic nitrogens is 3. The summed E-state index contributed by atoms with van der Waals surface area (Å²) in [5.74, 6) is 1.21. The number of rotatable bonds is 12. The number of esters is 1. The van der Waals surface area contributed by atoms with Crippen molar-refractivity contribution < 1.29 is 19.0 Å². The van der Waals surface area contributed by atoms with Gasteiger partial charge in [-0.2, -0.15) is 0 Å². The van der Waals surface area contributed by atoms with E-state index in [-0.39, 0.29) is 5.97 Å². The van der Waals surface area contributed by atoms with Gasteiger partial charge in [-0.1, -0.05) is 36.4 Å². The summed E-state index contributed by atoms with van der Waals surface area (Å²) in [6, 6.07) is 29.0. The highest BCUT2D eigenvalue weighted by atomic mass is 35.8. The third kappa shape index (κ3) is 9.91. The summed E-state index contributed by atoms with van der Waals surface area (Å²) in [7, 11) is 16.4. The number of hydrogen-bond donors (Lipinski definition) is 0. The number of benzene rings is 3. The molecule has 6 aromatic rings. The summed E-state index contributed by atoms with van der Waals surface area (Å²) in [5, 5.41) is 2.14. The Kier molecular flexibility index (Phi) is 12.9. The molecule has 0 unspecified atom stereocenters. The van der Waals surface area contributed by atoms with Gasteiger partial charge in [0.25, 0.3) is 0 Å². The van der Waals surface area contributed by atoms with E-state index in [2.05, 4.69) is 58.1 Å². The van der Waals surface area contributed by atoms with Gasteiger partial charge in [0, 0.05) is 53.8 Å². The van der Waals surface area contributed by atoms with Crippen LogP contribution in [0.5, 0.6) is 11.6 Å². The molecule has 0 spiro atoms. The Morgan fingerprint density at radius 3 is 2.37 bits per heavy atom. The van der Waals surface area contributed by atoms with Crippen molar-refractivity contribution in [1.29, 1.82) is 0 Å². The van der Waals surface area contributed by atoms with Gasteiger partial charge < -0.3 is 18.8 Å². The number of para-hydroxylation sites is 1. The second kappa shape index (κ2) is 17.1. The van der Waals surface area contributed by atoms with Crippen LogP contribution in [-0.4, -0.2) is 52.2 Å². The summed E-state index contributed by atoms with van der Waals surface area (Å²) >= 11 is -0.00959. The summed E-state index contributed by atoms with van der Waals surface area (Å²) < 4.78 is 20.3. The van der Waals surface area contributed by atoms with Crippen LogP contribution in [0.4, 0.5) is 0 Å². The van der Waals surface area contributed by atoms with E-state index in [9.17, 15) is 4.79 Å². The summed E-state index contributed by atoms with van der Waals surface area (Å²) in [6.07, 6.45) is 3.12. The average molecular weight is 753 g/mol. The van der Waals surface area contributed by atoms with Crippen LogP contribution in [-0.2, 0) is 28.9 Å². The van der Waals surface area contributed by atoms with Crippen LogP contribution in [0.15, 0.2) is 91.1 Å². The minimum Gasteiger partial charge on any atom is -0.493 e. The van der Waals surface area contributed by atoms with Crippen molar-refractivity contribution in [1.82, 2.24) is 14.5 Å². The van der Waals surface area contributed by atoms with Gasteiger partial charge in [-0.15, -0.1) is 11.3 Å². The number of fused-ring (bicyclic) bond motifs is 2. The van der Waals surface area contributed by atoms with E-state index in [1.807, 2.05) is 63.4 Å². The first-order valence-electron chi connectivity index (χ1n) is 15.8. The number of ether oxygens (including phenoxy) is 3. The van der Waals surface area contributed by atoms with Crippen LogP contribution in [0.2, 0.25) is 0 Å². The number of carbonyl (C=O) groups is 1. The molecule has 0 saturated carbocycles. The zero-order valence-electron chi connectivity index (χ0n) is 27.8. The van der Waals surface area contributed by atoms with Gasteiger partial charge in [-0.25, -0.2) is 40.1 Å². The predicted octanol–water partition coefficient (Wildman–Crippen LogP) is 9.81. The Labute approximate surface area is 307 Å². The van der Waals surface area contributed by atoms with Crippen molar-refractivity contribution in [2.45, 2.75) is 40.2 Å².